The lowest BCUT2D eigenvalue weighted by molar-refractivity contribution is -0.384. The maximum absolute atomic E-state index is 11.1. The van der Waals surface area contributed by atoms with Crippen LogP contribution in [0.25, 0.3) is 5.69 Å². The largest absolute Gasteiger partial charge is 0.383 e. The minimum atomic E-state index is -0.432. The third kappa shape index (κ3) is 2.42. The molecular formula is C12H13IN4O2. The van der Waals surface area contributed by atoms with E-state index in [2.05, 4.69) is 27.7 Å². The van der Waals surface area contributed by atoms with Gasteiger partial charge in [-0.2, -0.15) is 5.10 Å². The molecule has 0 bridgehead atoms. The second-order valence-electron chi connectivity index (χ2n) is 4.40. The van der Waals surface area contributed by atoms with Crippen LogP contribution in [0.2, 0.25) is 0 Å². The van der Waals surface area contributed by atoms with Gasteiger partial charge >= 0.3 is 0 Å². The average molecular weight is 372 g/mol. The van der Waals surface area contributed by atoms with E-state index in [1.165, 1.54) is 10.7 Å². The van der Waals surface area contributed by atoms with Gasteiger partial charge in [0.05, 0.1) is 14.2 Å². The fraction of sp³-hybridized carbons (Fsp3) is 0.250. The fourth-order valence-corrected chi connectivity index (χ4v) is 2.74. The second kappa shape index (κ2) is 5.16. The van der Waals surface area contributed by atoms with Crippen molar-refractivity contribution in [3.05, 3.63) is 43.6 Å². The van der Waals surface area contributed by atoms with Crippen LogP contribution < -0.4 is 5.73 Å². The molecule has 0 saturated carbocycles. The van der Waals surface area contributed by atoms with Gasteiger partial charge in [0.2, 0.25) is 0 Å². The third-order valence-electron chi connectivity index (χ3n) is 2.74. The van der Waals surface area contributed by atoms with Gasteiger partial charge in [-0.1, -0.05) is 26.0 Å². The summed E-state index contributed by atoms with van der Waals surface area (Å²) in [6.45, 7) is 4.02. The molecule has 100 valence electrons. The van der Waals surface area contributed by atoms with Crippen LogP contribution in [0.1, 0.15) is 25.5 Å². The van der Waals surface area contributed by atoms with Crippen molar-refractivity contribution in [1.29, 1.82) is 0 Å². The van der Waals surface area contributed by atoms with E-state index in [-0.39, 0.29) is 11.6 Å². The predicted molar refractivity (Wildman–Crippen MR) is 81.4 cm³/mol. The lowest BCUT2D eigenvalue weighted by atomic mass is 10.1. The number of nitrogens with zero attached hydrogens (tertiary/aromatic N) is 3. The number of nitro groups is 1. The van der Waals surface area contributed by atoms with E-state index in [9.17, 15) is 10.1 Å². The Kier molecular flexibility index (Phi) is 3.74. The summed E-state index contributed by atoms with van der Waals surface area (Å²) >= 11 is 2.12. The summed E-state index contributed by atoms with van der Waals surface area (Å²) in [5, 5.41) is 15.5. The van der Waals surface area contributed by atoms with Crippen LogP contribution in [0, 0.1) is 13.7 Å². The van der Waals surface area contributed by atoms with Crippen molar-refractivity contribution in [3.63, 3.8) is 0 Å². The molecule has 2 rings (SSSR count). The summed E-state index contributed by atoms with van der Waals surface area (Å²) in [5.41, 5.74) is 7.23. The van der Waals surface area contributed by atoms with Crippen molar-refractivity contribution >= 4 is 34.1 Å². The predicted octanol–water partition coefficient (Wildman–Crippen LogP) is 3.09. The molecule has 6 nitrogen and oxygen atoms in total. The van der Waals surface area contributed by atoms with Gasteiger partial charge in [-0.05, 0) is 34.6 Å². The highest BCUT2D eigenvalue weighted by Gasteiger charge is 2.21. The highest BCUT2D eigenvalue weighted by molar-refractivity contribution is 14.1. The summed E-state index contributed by atoms with van der Waals surface area (Å²) < 4.78 is 2.28. The topological polar surface area (TPSA) is 87.0 Å². The van der Waals surface area contributed by atoms with Crippen molar-refractivity contribution in [2.75, 3.05) is 5.73 Å². The lowest BCUT2D eigenvalue weighted by Gasteiger charge is -2.04. The van der Waals surface area contributed by atoms with Gasteiger partial charge in [-0.3, -0.25) is 10.1 Å². The maximum atomic E-state index is 11.1. The smallest absolute Gasteiger partial charge is 0.294 e. The number of nitrogen functional groups attached to an aromatic ring is 1. The van der Waals surface area contributed by atoms with Crippen LogP contribution in [0.3, 0.4) is 0 Å². The van der Waals surface area contributed by atoms with Crippen molar-refractivity contribution in [1.82, 2.24) is 9.78 Å². The SMILES string of the molecule is CC(C)c1nn(-c2ccccc2[N+](=O)[O-])c(N)c1I. The molecule has 0 amide bonds. The van der Waals surface area contributed by atoms with E-state index >= 15 is 0 Å². The summed E-state index contributed by atoms with van der Waals surface area (Å²) in [6, 6.07) is 6.43. The van der Waals surface area contributed by atoms with Gasteiger partial charge in [0.1, 0.15) is 11.5 Å². The van der Waals surface area contributed by atoms with E-state index in [1.54, 1.807) is 18.2 Å². The number of nitro benzene ring substituents is 1. The highest BCUT2D eigenvalue weighted by atomic mass is 127. The summed E-state index contributed by atoms with van der Waals surface area (Å²) in [6.07, 6.45) is 0. The Hall–Kier alpha value is -1.64. The molecule has 0 unspecified atom stereocenters. The van der Waals surface area contributed by atoms with Gasteiger partial charge in [0, 0.05) is 6.07 Å². The van der Waals surface area contributed by atoms with E-state index < -0.39 is 4.92 Å². The minimum absolute atomic E-state index is 0.0107. The molecule has 7 heteroatoms. The van der Waals surface area contributed by atoms with Gasteiger partial charge in [0.25, 0.3) is 5.69 Å². The molecule has 1 heterocycles. The highest BCUT2D eigenvalue weighted by Crippen LogP contribution is 2.30. The monoisotopic (exact) mass is 372 g/mol. The molecule has 0 radical (unpaired) electrons. The summed E-state index contributed by atoms with van der Waals surface area (Å²) in [4.78, 5) is 10.6. The molecule has 0 aliphatic carbocycles. The van der Waals surface area contributed by atoms with Gasteiger partial charge in [0.15, 0.2) is 0 Å². The normalized spacial score (nSPS) is 10.9. The number of aromatic nitrogens is 2. The maximum Gasteiger partial charge on any atom is 0.294 e. The first-order chi connectivity index (χ1) is 8.93. The summed E-state index contributed by atoms with van der Waals surface area (Å²) in [5.74, 6) is 0.636. The van der Waals surface area contributed by atoms with Crippen LogP contribution in [-0.4, -0.2) is 14.7 Å². The molecule has 2 N–H and O–H groups in total. The number of nitrogens with two attached hydrogens (primary N) is 1. The first-order valence-corrected chi connectivity index (χ1v) is 6.79. The van der Waals surface area contributed by atoms with Gasteiger partial charge in [-0.25, -0.2) is 4.68 Å². The van der Waals surface area contributed by atoms with E-state index in [1.807, 2.05) is 13.8 Å². The molecule has 0 atom stereocenters. The molecule has 19 heavy (non-hydrogen) atoms. The first-order valence-electron chi connectivity index (χ1n) is 5.71. The van der Waals surface area contributed by atoms with Crippen molar-refractivity contribution in [3.8, 4) is 5.69 Å². The zero-order valence-electron chi connectivity index (χ0n) is 10.5. The second-order valence-corrected chi connectivity index (χ2v) is 5.48. The Balaban J connectivity index is 2.66. The average Bonchev–Trinajstić information content (AvgIpc) is 2.66. The number of rotatable bonds is 3. The third-order valence-corrected chi connectivity index (χ3v) is 3.84. The number of halogens is 1. The van der Waals surface area contributed by atoms with Crippen LogP contribution in [0.4, 0.5) is 11.5 Å². The number of hydrogen-bond donors (Lipinski definition) is 1. The van der Waals surface area contributed by atoms with Gasteiger partial charge in [-0.15, -0.1) is 0 Å². The molecule has 0 aliphatic rings. The van der Waals surface area contributed by atoms with Crippen molar-refractivity contribution in [2.24, 2.45) is 0 Å². The molecule has 1 aromatic heterocycles. The first kappa shape index (κ1) is 13.8. The molecule has 2 aromatic rings. The van der Waals surface area contributed by atoms with Gasteiger partial charge < -0.3 is 5.73 Å². The van der Waals surface area contributed by atoms with Crippen LogP contribution in [0.15, 0.2) is 24.3 Å². The molecular weight excluding hydrogens is 359 g/mol. The molecule has 1 aromatic carbocycles. The molecule has 0 fully saturated rings. The zero-order chi connectivity index (χ0) is 14.2. The summed E-state index contributed by atoms with van der Waals surface area (Å²) in [7, 11) is 0. The Morgan fingerprint density at radius 3 is 2.58 bits per heavy atom. The molecule has 0 spiro atoms. The Bertz CT molecular complexity index is 637. The zero-order valence-corrected chi connectivity index (χ0v) is 12.7. The Morgan fingerprint density at radius 1 is 1.42 bits per heavy atom. The van der Waals surface area contributed by atoms with Crippen molar-refractivity contribution in [2.45, 2.75) is 19.8 Å². The molecule has 0 aliphatic heterocycles. The van der Waals surface area contributed by atoms with Crippen LogP contribution >= 0.6 is 22.6 Å². The van der Waals surface area contributed by atoms with Crippen LogP contribution in [0.5, 0.6) is 0 Å². The quantitative estimate of drug-likeness (QED) is 0.510. The Labute approximate surface area is 123 Å². The van der Waals surface area contributed by atoms with E-state index in [0.29, 0.717) is 11.5 Å². The van der Waals surface area contributed by atoms with Crippen LogP contribution in [-0.2, 0) is 0 Å². The number of benzene rings is 1. The number of para-hydroxylation sites is 2. The number of anilines is 1. The minimum Gasteiger partial charge on any atom is -0.383 e. The Morgan fingerprint density at radius 2 is 2.05 bits per heavy atom. The number of hydrogen-bond acceptors (Lipinski definition) is 4. The lowest BCUT2D eigenvalue weighted by Crippen LogP contribution is -2.05. The van der Waals surface area contributed by atoms with E-state index in [0.717, 1.165) is 9.26 Å². The standard InChI is InChI=1S/C12H13IN4O2/c1-7(2)11-10(13)12(14)16(15-11)8-5-3-4-6-9(8)17(18)19/h3-7H,14H2,1-2H3. The van der Waals surface area contributed by atoms with Crippen molar-refractivity contribution < 1.29 is 4.92 Å². The molecule has 0 saturated heterocycles. The fourth-order valence-electron chi connectivity index (χ4n) is 1.78. The van der Waals surface area contributed by atoms with E-state index in [4.69, 9.17) is 5.73 Å².